The third-order valence-corrected chi connectivity index (χ3v) is 3.29. The third kappa shape index (κ3) is 3.39. The molecule has 1 heterocycles. The highest BCUT2D eigenvalue weighted by Gasteiger charge is 2.16. The highest BCUT2D eigenvalue weighted by Crippen LogP contribution is 2.20. The molecule has 4 nitrogen and oxygen atoms in total. The molecule has 0 aromatic heterocycles. The summed E-state index contributed by atoms with van der Waals surface area (Å²) in [5.74, 6) is 1.00. The molecule has 2 rings (SSSR count). The van der Waals surface area contributed by atoms with Gasteiger partial charge in [-0.15, -0.1) is 0 Å². The molecule has 0 amide bonds. The van der Waals surface area contributed by atoms with E-state index in [4.69, 9.17) is 5.26 Å². The third-order valence-electron chi connectivity index (χ3n) is 3.29. The SMILES string of the molecule is CN1C/C(=C/c2cccc(N(C)C)c2)N=C1CCC#N. The van der Waals surface area contributed by atoms with E-state index < -0.39 is 0 Å². The molecule has 0 N–H and O–H groups in total. The molecule has 20 heavy (non-hydrogen) atoms. The molecule has 0 fully saturated rings. The van der Waals surface area contributed by atoms with Crippen molar-refractivity contribution < 1.29 is 0 Å². The Bertz CT molecular complexity index is 578. The number of anilines is 1. The van der Waals surface area contributed by atoms with E-state index in [-0.39, 0.29) is 0 Å². The van der Waals surface area contributed by atoms with E-state index in [9.17, 15) is 0 Å². The fourth-order valence-electron chi connectivity index (χ4n) is 2.20. The predicted molar refractivity (Wildman–Crippen MR) is 83.7 cm³/mol. The summed E-state index contributed by atoms with van der Waals surface area (Å²) in [7, 11) is 6.09. The lowest BCUT2D eigenvalue weighted by molar-refractivity contribution is 0.565. The monoisotopic (exact) mass is 268 g/mol. The van der Waals surface area contributed by atoms with E-state index in [1.54, 1.807) is 0 Å². The summed E-state index contributed by atoms with van der Waals surface area (Å²) >= 11 is 0. The van der Waals surface area contributed by atoms with Gasteiger partial charge >= 0.3 is 0 Å². The molecule has 0 radical (unpaired) electrons. The Labute approximate surface area is 120 Å². The van der Waals surface area contributed by atoms with Crippen molar-refractivity contribution in [3.63, 3.8) is 0 Å². The van der Waals surface area contributed by atoms with E-state index in [0.717, 1.165) is 30.1 Å². The Morgan fingerprint density at radius 1 is 1.45 bits per heavy atom. The van der Waals surface area contributed by atoms with Crippen LogP contribution in [0.1, 0.15) is 18.4 Å². The maximum Gasteiger partial charge on any atom is 0.106 e. The molecule has 1 aliphatic heterocycles. The zero-order chi connectivity index (χ0) is 14.5. The van der Waals surface area contributed by atoms with Crippen molar-refractivity contribution in [1.82, 2.24) is 4.90 Å². The van der Waals surface area contributed by atoms with Crippen LogP contribution in [-0.4, -0.2) is 38.4 Å². The number of aliphatic imine (C=N–C) groups is 1. The van der Waals surface area contributed by atoms with Crippen molar-refractivity contribution in [2.75, 3.05) is 32.6 Å². The summed E-state index contributed by atoms with van der Waals surface area (Å²) < 4.78 is 0. The standard InChI is InChI=1S/C16H20N4/c1-19(2)15-7-4-6-13(11-15)10-14-12-20(3)16(18-14)8-5-9-17/h4,6-7,10-11H,5,8,12H2,1-3H3/b14-10-. The fraction of sp³-hybridized carbons (Fsp3) is 0.375. The van der Waals surface area contributed by atoms with E-state index in [1.807, 2.05) is 21.1 Å². The van der Waals surface area contributed by atoms with Gasteiger partial charge in [0.15, 0.2) is 0 Å². The molecular formula is C16H20N4. The van der Waals surface area contributed by atoms with Crippen LogP contribution in [0.15, 0.2) is 35.0 Å². The zero-order valence-electron chi connectivity index (χ0n) is 12.3. The number of rotatable bonds is 4. The average molecular weight is 268 g/mol. The Kier molecular flexibility index (Phi) is 4.41. The summed E-state index contributed by atoms with van der Waals surface area (Å²) in [5.41, 5.74) is 3.39. The van der Waals surface area contributed by atoms with Gasteiger partial charge in [0.1, 0.15) is 5.84 Å². The molecule has 1 aromatic carbocycles. The number of hydrogen-bond donors (Lipinski definition) is 0. The van der Waals surface area contributed by atoms with Crippen LogP contribution in [-0.2, 0) is 0 Å². The molecule has 0 bridgehead atoms. The van der Waals surface area contributed by atoms with E-state index >= 15 is 0 Å². The molecule has 0 spiro atoms. The molecule has 0 saturated carbocycles. The van der Waals surface area contributed by atoms with Crippen molar-refractivity contribution >= 4 is 17.6 Å². The van der Waals surface area contributed by atoms with Crippen LogP contribution in [0.3, 0.4) is 0 Å². The summed E-state index contributed by atoms with van der Waals surface area (Å²) in [5, 5.41) is 8.65. The van der Waals surface area contributed by atoms with Gasteiger partial charge in [-0.25, -0.2) is 4.99 Å². The Morgan fingerprint density at radius 2 is 2.25 bits per heavy atom. The van der Waals surface area contributed by atoms with Crippen molar-refractivity contribution in [2.24, 2.45) is 4.99 Å². The topological polar surface area (TPSA) is 42.6 Å². The van der Waals surface area contributed by atoms with Crippen molar-refractivity contribution in [3.8, 4) is 6.07 Å². The molecule has 4 heteroatoms. The van der Waals surface area contributed by atoms with Gasteiger partial charge in [0, 0.05) is 39.7 Å². The largest absolute Gasteiger partial charge is 0.378 e. The van der Waals surface area contributed by atoms with Crippen LogP contribution in [0.2, 0.25) is 0 Å². The molecule has 1 aliphatic rings. The maximum absolute atomic E-state index is 8.65. The number of benzene rings is 1. The normalized spacial score (nSPS) is 16.2. The Hall–Kier alpha value is -2.28. The number of hydrogen-bond acceptors (Lipinski definition) is 4. The van der Waals surface area contributed by atoms with Gasteiger partial charge in [0.2, 0.25) is 0 Å². The highest BCUT2D eigenvalue weighted by atomic mass is 15.2. The lowest BCUT2D eigenvalue weighted by Crippen LogP contribution is -2.21. The second-order valence-corrected chi connectivity index (χ2v) is 5.17. The van der Waals surface area contributed by atoms with Crippen LogP contribution >= 0.6 is 0 Å². The Morgan fingerprint density at radius 3 is 2.95 bits per heavy atom. The molecule has 0 atom stereocenters. The number of nitriles is 1. The van der Waals surface area contributed by atoms with Crippen molar-refractivity contribution in [3.05, 3.63) is 35.5 Å². The quantitative estimate of drug-likeness (QED) is 0.843. The van der Waals surface area contributed by atoms with Gasteiger partial charge in [-0.2, -0.15) is 5.26 Å². The Balaban J connectivity index is 2.18. The molecular weight excluding hydrogens is 248 g/mol. The van der Waals surface area contributed by atoms with Crippen LogP contribution in [0, 0.1) is 11.3 Å². The molecule has 0 saturated heterocycles. The first-order valence-corrected chi connectivity index (χ1v) is 6.74. The van der Waals surface area contributed by atoms with Crippen molar-refractivity contribution in [1.29, 1.82) is 5.26 Å². The summed E-state index contributed by atoms with van der Waals surface area (Å²) in [6, 6.07) is 10.5. The average Bonchev–Trinajstić information content (AvgIpc) is 2.76. The second-order valence-electron chi connectivity index (χ2n) is 5.17. The van der Waals surface area contributed by atoms with E-state index in [1.165, 1.54) is 5.69 Å². The first-order chi connectivity index (χ1) is 9.60. The second kappa shape index (κ2) is 6.25. The summed E-state index contributed by atoms with van der Waals surface area (Å²) in [4.78, 5) is 8.81. The minimum Gasteiger partial charge on any atom is -0.378 e. The fourth-order valence-corrected chi connectivity index (χ4v) is 2.20. The highest BCUT2D eigenvalue weighted by molar-refractivity contribution is 5.86. The molecule has 1 aromatic rings. The molecule has 104 valence electrons. The smallest absolute Gasteiger partial charge is 0.106 e. The number of amidine groups is 1. The predicted octanol–water partition coefficient (Wildman–Crippen LogP) is 2.74. The lowest BCUT2D eigenvalue weighted by Gasteiger charge is -2.13. The minimum absolute atomic E-state index is 0.520. The number of likely N-dealkylation sites (N-methyl/N-ethyl adjacent to an activating group) is 1. The van der Waals surface area contributed by atoms with Crippen molar-refractivity contribution in [2.45, 2.75) is 12.8 Å². The first kappa shape index (κ1) is 14.1. The minimum atomic E-state index is 0.520. The van der Waals surface area contributed by atoms with Crippen LogP contribution in [0.25, 0.3) is 6.08 Å². The number of nitrogens with zero attached hydrogens (tertiary/aromatic N) is 4. The molecule has 0 unspecified atom stereocenters. The lowest BCUT2D eigenvalue weighted by atomic mass is 10.1. The van der Waals surface area contributed by atoms with E-state index in [0.29, 0.717) is 6.42 Å². The summed E-state index contributed by atoms with van der Waals surface area (Å²) in [6.45, 7) is 0.812. The van der Waals surface area contributed by atoms with Gasteiger partial charge < -0.3 is 9.80 Å². The zero-order valence-corrected chi connectivity index (χ0v) is 12.3. The van der Waals surface area contributed by atoms with E-state index in [2.05, 4.69) is 51.2 Å². The first-order valence-electron chi connectivity index (χ1n) is 6.74. The van der Waals surface area contributed by atoms with Crippen LogP contribution in [0.4, 0.5) is 5.69 Å². The van der Waals surface area contributed by atoms with Crippen LogP contribution in [0.5, 0.6) is 0 Å². The van der Waals surface area contributed by atoms with Gasteiger partial charge in [0.25, 0.3) is 0 Å². The van der Waals surface area contributed by atoms with Crippen LogP contribution < -0.4 is 4.90 Å². The van der Waals surface area contributed by atoms with Gasteiger partial charge in [-0.1, -0.05) is 12.1 Å². The van der Waals surface area contributed by atoms with Gasteiger partial charge in [-0.05, 0) is 23.8 Å². The van der Waals surface area contributed by atoms with Gasteiger partial charge in [-0.3, -0.25) is 0 Å². The maximum atomic E-state index is 8.65. The van der Waals surface area contributed by atoms with Gasteiger partial charge in [0.05, 0.1) is 18.3 Å². The molecule has 0 aliphatic carbocycles. The summed E-state index contributed by atoms with van der Waals surface area (Å²) in [6.07, 6.45) is 3.36.